The monoisotopic (exact) mass is 951 g/mol. The highest BCUT2D eigenvalue weighted by molar-refractivity contribution is 7.90. The summed E-state index contributed by atoms with van der Waals surface area (Å²) in [4.78, 5) is 71.5. The Kier molecular flexibility index (Phi) is 11.6. The molecule has 20 heteroatoms. The number of hydrogen-bond acceptors (Lipinski definition) is 12. The van der Waals surface area contributed by atoms with Crippen LogP contribution >= 0.6 is 0 Å². The number of nitrogens with two attached hydrogens (primary N) is 1. The summed E-state index contributed by atoms with van der Waals surface area (Å²) in [6.45, 7) is 0. The molecule has 10 fully saturated rings. The fourth-order valence-corrected chi connectivity index (χ4v) is 17.8. The van der Waals surface area contributed by atoms with Gasteiger partial charge in [0.2, 0.25) is 26.0 Å². The molecule has 4 unspecified atom stereocenters. The molecule has 1 amide bonds. The molecule has 10 saturated carbocycles. The zero-order valence-corrected chi connectivity index (χ0v) is 38.2. The highest BCUT2D eigenvalue weighted by atomic mass is 32.2. The molecule has 5 N–H and O–H groups in total. The Bertz CT molecular complexity index is 2400. The Morgan fingerprint density at radius 2 is 0.955 bits per heavy atom. The lowest BCUT2D eigenvalue weighted by molar-refractivity contribution is -0.388. The van der Waals surface area contributed by atoms with Gasteiger partial charge in [-0.25, -0.2) is 16.8 Å². The molecule has 0 aromatic heterocycles. The molecule has 4 atom stereocenters. The van der Waals surface area contributed by atoms with Gasteiger partial charge in [0.1, 0.15) is 0 Å². The van der Waals surface area contributed by atoms with Gasteiger partial charge in [-0.15, -0.1) is 0 Å². The number of rotatable bonds is 16. The van der Waals surface area contributed by atoms with Crippen LogP contribution in [-0.2, 0) is 39.2 Å². The number of nitro groups is 2. The number of para-hydroxylation sites is 2. The Balaban J connectivity index is 0.000000166. The zero-order chi connectivity index (χ0) is 47.2. The van der Waals surface area contributed by atoms with E-state index < -0.39 is 78.9 Å². The molecule has 10 aliphatic carbocycles. The number of aliphatic carboxylic acids is 1. The van der Waals surface area contributed by atoms with Crippen molar-refractivity contribution in [3.63, 3.8) is 0 Å². The number of nitrogens with zero attached hydrogens (tertiary/aromatic N) is 2. The predicted octanol–water partition coefficient (Wildman–Crippen LogP) is 5.96. The maximum absolute atomic E-state index is 13.5. The smallest absolute Gasteiger partial charge is 0.309 e. The molecule has 2 aromatic carbocycles. The third-order valence-corrected chi connectivity index (χ3v) is 20.8. The first-order valence-corrected chi connectivity index (χ1v) is 26.2. The number of carboxylic acid groups (broad SMARTS) is 1. The second-order valence-corrected chi connectivity index (χ2v) is 24.6. The average Bonchev–Trinajstić information content (AvgIpc) is 3.22. The minimum Gasteiger partial charge on any atom is -0.481 e. The topological polar surface area (TPSA) is 293 Å². The van der Waals surface area contributed by atoms with E-state index in [1.165, 1.54) is 36.4 Å². The summed E-state index contributed by atoms with van der Waals surface area (Å²) in [7, 11) is -8.53. The van der Waals surface area contributed by atoms with Gasteiger partial charge in [0.25, 0.3) is 11.4 Å². The normalized spacial score (nSPS) is 33.9. The summed E-state index contributed by atoms with van der Waals surface area (Å²) in [5.41, 5.74) is 1.20. The van der Waals surface area contributed by atoms with Crippen LogP contribution in [0.15, 0.2) is 58.3 Å². The van der Waals surface area contributed by atoms with Gasteiger partial charge in [0.15, 0.2) is 21.4 Å². The van der Waals surface area contributed by atoms with Crippen LogP contribution in [0, 0.1) is 78.4 Å². The van der Waals surface area contributed by atoms with Crippen LogP contribution in [-0.4, -0.2) is 66.3 Å². The van der Waals surface area contributed by atoms with E-state index in [2.05, 4.69) is 9.44 Å². The molecule has 356 valence electrons. The number of sulfonamides is 2. The van der Waals surface area contributed by atoms with E-state index >= 15 is 0 Å². The van der Waals surface area contributed by atoms with Gasteiger partial charge >= 0.3 is 5.97 Å². The molecular formula is C46H57N5O13S2. The largest absolute Gasteiger partial charge is 0.481 e. The lowest BCUT2D eigenvalue weighted by atomic mass is 9.45. The van der Waals surface area contributed by atoms with Gasteiger partial charge in [0.05, 0.1) is 26.3 Å². The van der Waals surface area contributed by atoms with E-state index in [0.717, 1.165) is 69.9 Å². The molecule has 0 heterocycles. The standard InChI is InChI=1S/C23H29N3O6S.C23H28N2O7S/c24-21(28)22-11-14-8-15(12-22)17(16(9-14)13-22)10-20(27)23(6-3-7-23)25-33(31,32)19-5-2-1-4-18(19)26(29)30;26-20(10-17-15-8-14-9-16(17)13-22(11-14,12-15)21(27)28)23(6-3-7-23)24-33(31,32)19-5-2-1-4-18(19)25(29)30/h1-2,4-5,14-17,25H,3,6-13H2,(H2,24,28);1-2,4-5,14-17,24H,3,6-13H2,(H,27,28). The van der Waals surface area contributed by atoms with Crippen molar-refractivity contribution in [2.75, 3.05) is 0 Å². The fraction of sp³-hybridized carbons (Fsp3) is 0.652. The minimum absolute atomic E-state index is 0.0783. The van der Waals surface area contributed by atoms with Gasteiger partial charge in [-0.05, 0) is 162 Å². The summed E-state index contributed by atoms with van der Waals surface area (Å²) in [5, 5.41) is 32.5. The first-order chi connectivity index (χ1) is 31.1. The summed E-state index contributed by atoms with van der Waals surface area (Å²) < 4.78 is 57.5. The first-order valence-electron chi connectivity index (χ1n) is 23.3. The molecule has 10 aliphatic rings. The van der Waals surface area contributed by atoms with Crippen LogP contribution in [0.5, 0.6) is 0 Å². The zero-order valence-electron chi connectivity index (χ0n) is 36.6. The van der Waals surface area contributed by atoms with Crippen molar-refractivity contribution < 1.29 is 51.0 Å². The minimum atomic E-state index is -4.27. The number of ketones is 2. The average molecular weight is 952 g/mol. The van der Waals surface area contributed by atoms with Crippen molar-refractivity contribution >= 4 is 54.9 Å². The summed E-state index contributed by atoms with van der Waals surface area (Å²) >= 11 is 0. The molecule has 0 aliphatic heterocycles. The lowest BCUT2D eigenvalue weighted by Gasteiger charge is -2.59. The van der Waals surface area contributed by atoms with E-state index in [1.54, 1.807) is 0 Å². The van der Waals surface area contributed by atoms with Crippen molar-refractivity contribution in [3.8, 4) is 0 Å². The van der Waals surface area contributed by atoms with E-state index in [9.17, 15) is 61.3 Å². The number of Topliss-reactive ketones (excluding diaryl/α,β-unsaturated/α-hetero) is 2. The quantitative estimate of drug-likeness (QED) is 0.112. The molecule has 0 spiro atoms. The van der Waals surface area contributed by atoms with E-state index in [4.69, 9.17) is 5.73 Å². The van der Waals surface area contributed by atoms with Crippen LogP contribution in [0.2, 0.25) is 0 Å². The third-order valence-electron chi connectivity index (χ3n) is 17.6. The first kappa shape index (κ1) is 46.5. The molecule has 12 rings (SSSR count). The van der Waals surface area contributed by atoms with Crippen LogP contribution < -0.4 is 15.2 Å². The summed E-state index contributed by atoms with van der Waals surface area (Å²) in [6, 6.07) is 10.3. The van der Waals surface area contributed by atoms with Crippen molar-refractivity contribution in [2.45, 2.75) is 136 Å². The summed E-state index contributed by atoms with van der Waals surface area (Å²) in [5.74, 6) is 0.728. The molecule has 2 aromatic rings. The number of carbonyl (C=O) groups is 4. The van der Waals surface area contributed by atoms with Gasteiger partial charge < -0.3 is 10.8 Å². The highest BCUT2D eigenvalue weighted by Crippen LogP contribution is 2.64. The molecule has 8 bridgehead atoms. The Hall–Kier alpha value is -4.66. The number of benzene rings is 2. The van der Waals surface area contributed by atoms with E-state index in [0.29, 0.717) is 56.8 Å². The molecule has 0 saturated heterocycles. The Labute approximate surface area is 383 Å². The molecular weight excluding hydrogens is 895 g/mol. The van der Waals surface area contributed by atoms with Gasteiger partial charge in [-0.1, -0.05) is 24.3 Å². The number of nitrogens with one attached hydrogen (secondary N) is 2. The number of primary amides is 1. The van der Waals surface area contributed by atoms with Gasteiger partial charge in [-0.2, -0.15) is 9.44 Å². The van der Waals surface area contributed by atoms with Gasteiger partial charge in [0, 0.05) is 30.4 Å². The van der Waals surface area contributed by atoms with Crippen LogP contribution in [0.3, 0.4) is 0 Å². The number of carbonyl (C=O) groups excluding carboxylic acids is 3. The number of amides is 1. The SMILES string of the molecule is NC(=O)C12CC3CC(C1)C(CC(=O)C1(NS(=O)(=O)c4ccccc4[N+](=O)[O-])CCC1)C(C3)C2.O=C(O)C12CC3CC(C1)C(CC(=O)C1(NS(=O)(=O)c4ccccc4[N+](=O)[O-])CCC1)C(C3)C2. The Morgan fingerprint density at radius 3 is 1.27 bits per heavy atom. The van der Waals surface area contributed by atoms with Crippen LogP contribution in [0.25, 0.3) is 0 Å². The van der Waals surface area contributed by atoms with Crippen molar-refractivity contribution in [3.05, 3.63) is 68.8 Å². The third kappa shape index (κ3) is 7.95. The van der Waals surface area contributed by atoms with Crippen molar-refractivity contribution in [1.29, 1.82) is 0 Å². The maximum Gasteiger partial charge on any atom is 0.309 e. The summed E-state index contributed by atoms with van der Waals surface area (Å²) in [6.07, 6.45) is 11.6. The van der Waals surface area contributed by atoms with Gasteiger partial charge in [-0.3, -0.25) is 39.4 Å². The van der Waals surface area contributed by atoms with Crippen LogP contribution in [0.1, 0.15) is 116 Å². The second-order valence-electron chi connectivity index (χ2n) is 21.3. The van der Waals surface area contributed by atoms with Crippen molar-refractivity contribution in [2.24, 2.45) is 63.9 Å². The fourth-order valence-electron chi connectivity index (χ4n) is 14.5. The number of carboxylic acids is 1. The molecule has 18 nitrogen and oxygen atoms in total. The van der Waals surface area contributed by atoms with Crippen LogP contribution in [0.4, 0.5) is 11.4 Å². The van der Waals surface area contributed by atoms with E-state index in [1.807, 2.05) is 0 Å². The highest BCUT2D eigenvalue weighted by Gasteiger charge is 2.61. The maximum atomic E-state index is 13.5. The molecule has 66 heavy (non-hydrogen) atoms. The predicted molar refractivity (Wildman–Crippen MR) is 235 cm³/mol. The second kappa shape index (κ2) is 16.5. The van der Waals surface area contributed by atoms with Crippen molar-refractivity contribution in [1.82, 2.24) is 9.44 Å². The Morgan fingerprint density at radius 1 is 0.606 bits per heavy atom. The van der Waals surface area contributed by atoms with E-state index in [-0.39, 0.29) is 65.8 Å². The number of hydrogen-bond donors (Lipinski definition) is 4. The lowest BCUT2D eigenvalue weighted by Crippen LogP contribution is -2.61. The molecule has 0 radical (unpaired) electrons. The number of nitro benzene ring substituents is 2.